The van der Waals surface area contributed by atoms with Crippen LogP contribution in [0, 0.1) is 0 Å². The molecule has 1 rings (SSSR count). The van der Waals surface area contributed by atoms with Gasteiger partial charge in [0, 0.05) is 12.8 Å². The number of rotatable bonds is 11. The number of carbonyl (C=O) groups excluding carboxylic acids is 4. The molecule has 0 saturated carbocycles. The maximum Gasteiger partial charge on any atom is 0.508 e. The van der Waals surface area contributed by atoms with Crippen molar-refractivity contribution < 1.29 is 42.9 Å². The standard InChI is InChI=1S/C22H31NO9/c1-6-19(24)31-17-10-9-15(12-18(17)32-20(25)7-2)11-16(23)21(26)29-13(4)14(5)30-22(27)28-8-3/h9-10,12-14,16H,6-8,11,23H2,1-5H3/t13-,14-,16-/m0/s1. The average molecular weight is 453 g/mol. The summed E-state index contributed by atoms with van der Waals surface area (Å²) in [7, 11) is 0. The van der Waals surface area contributed by atoms with Crippen LogP contribution < -0.4 is 15.2 Å². The van der Waals surface area contributed by atoms with Crippen LogP contribution in [0.3, 0.4) is 0 Å². The highest BCUT2D eigenvalue weighted by Gasteiger charge is 2.25. The molecule has 0 radical (unpaired) electrons. The molecule has 1 aromatic carbocycles. The van der Waals surface area contributed by atoms with E-state index in [2.05, 4.69) is 4.74 Å². The summed E-state index contributed by atoms with van der Waals surface area (Å²) in [5, 5.41) is 0. The fourth-order valence-corrected chi connectivity index (χ4v) is 2.34. The Kier molecular flexibility index (Phi) is 11.2. The summed E-state index contributed by atoms with van der Waals surface area (Å²) < 4.78 is 25.4. The Morgan fingerprint density at radius 1 is 0.875 bits per heavy atom. The quantitative estimate of drug-likeness (QED) is 0.393. The Morgan fingerprint density at radius 2 is 1.44 bits per heavy atom. The summed E-state index contributed by atoms with van der Waals surface area (Å²) in [6.07, 6.45) is -2.01. The van der Waals surface area contributed by atoms with Crippen molar-refractivity contribution in [3.05, 3.63) is 23.8 Å². The van der Waals surface area contributed by atoms with E-state index >= 15 is 0 Å². The second-order valence-corrected chi connectivity index (χ2v) is 6.89. The second-order valence-electron chi connectivity index (χ2n) is 6.89. The third-order valence-corrected chi connectivity index (χ3v) is 4.30. The van der Waals surface area contributed by atoms with Gasteiger partial charge in [0.2, 0.25) is 0 Å². The molecular formula is C22H31NO9. The SMILES string of the molecule is CCOC(=O)O[C@@H](C)[C@H](C)OC(=O)[C@@H](N)Cc1ccc(OC(=O)CC)c(OC(=O)CC)c1. The smallest absolute Gasteiger partial charge is 0.458 e. The van der Waals surface area contributed by atoms with Gasteiger partial charge in [0.15, 0.2) is 11.5 Å². The van der Waals surface area contributed by atoms with E-state index in [0.29, 0.717) is 5.56 Å². The molecule has 0 bridgehead atoms. The van der Waals surface area contributed by atoms with Crippen LogP contribution in [0.5, 0.6) is 11.5 Å². The first-order chi connectivity index (χ1) is 15.1. The van der Waals surface area contributed by atoms with E-state index in [1.165, 1.54) is 12.1 Å². The highest BCUT2D eigenvalue weighted by atomic mass is 16.7. The molecule has 0 aliphatic rings. The van der Waals surface area contributed by atoms with Crippen molar-refractivity contribution in [3.8, 4) is 11.5 Å². The summed E-state index contributed by atoms with van der Waals surface area (Å²) in [4.78, 5) is 47.1. The number of nitrogens with two attached hydrogens (primary N) is 1. The summed E-state index contributed by atoms with van der Waals surface area (Å²) in [5.41, 5.74) is 6.53. The van der Waals surface area contributed by atoms with Gasteiger partial charge in [0.25, 0.3) is 0 Å². The van der Waals surface area contributed by atoms with Gasteiger partial charge in [-0.05, 0) is 44.9 Å². The first-order valence-corrected chi connectivity index (χ1v) is 10.4. The van der Waals surface area contributed by atoms with Crippen molar-refractivity contribution in [2.75, 3.05) is 6.61 Å². The van der Waals surface area contributed by atoms with Gasteiger partial charge in [-0.15, -0.1) is 0 Å². The second kappa shape index (κ2) is 13.3. The Balaban J connectivity index is 2.83. The third kappa shape index (κ3) is 8.93. The van der Waals surface area contributed by atoms with Gasteiger partial charge in [0.1, 0.15) is 18.2 Å². The number of ether oxygens (including phenoxy) is 5. The summed E-state index contributed by atoms with van der Waals surface area (Å²) in [6, 6.07) is 3.52. The molecule has 0 saturated heterocycles. The minimum absolute atomic E-state index is 0.0570. The van der Waals surface area contributed by atoms with E-state index < -0.39 is 42.3 Å². The molecule has 32 heavy (non-hydrogen) atoms. The fraction of sp³-hybridized carbons (Fsp3) is 0.545. The topological polar surface area (TPSA) is 140 Å². The van der Waals surface area contributed by atoms with Crippen LogP contribution in [0.25, 0.3) is 0 Å². The molecule has 0 aromatic heterocycles. The van der Waals surface area contributed by atoms with Gasteiger partial charge in [-0.1, -0.05) is 19.9 Å². The lowest BCUT2D eigenvalue weighted by Gasteiger charge is -2.22. The summed E-state index contributed by atoms with van der Waals surface area (Å²) >= 11 is 0. The number of hydrogen-bond acceptors (Lipinski definition) is 10. The van der Waals surface area contributed by atoms with Gasteiger partial charge in [-0.3, -0.25) is 14.4 Å². The molecule has 0 aliphatic heterocycles. The van der Waals surface area contributed by atoms with Gasteiger partial charge >= 0.3 is 24.1 Å². The number of carbonyl (C=O) groups is 4. The molecule has 2 N–H and O–H groups in total. The van der Waals surface area contributed by atoms with Crippen molar-refractivity contribution in [2.24, 2.45) is 5.73 Å². The van der Waals surface area contributed by atoms with Crippen LogP contribution >= 0.6 is 0 Å². The van der Waals surface area contributed by atoms with Gasteiger partial charge in [0.05, 0.1) is 6.61 Å². The Labute approximate surface area is 187 Å². The number of hydrogen-bond donors (Lipinski definition) is 1. The van der Waals surface area contributed by atoms with Crippen LogP contribution in [-0.2, 0) is 35.0 Å². The van der Waals surface area contributed by atoms with Crippen molar-refractivity contribution in [1.29, 1.82) is 0 Å². The minimum Gasteiger partial charge on any atom is -0.458 e. The van der Waals surface area contributed by atoms with Gasteiger partial charge in [-0.2, -0.15) is 0 Å². The molecule has 10 heteroatoms. The zero-order valence-corrected chi connectivity index (χ0v) is 19.0. The Hall–Kier alpha value is -3.14. The molecule has 10 nitrogen and oxygen atoms in total. The monoisotopic (exact) mass is 453 g/mol. The van der Waals surface area contributed by atoms with Crippen molar-refractivity contribution in [1.82, 2.24) is 0 Å². The molecule has 0 heterocycles. The van der Waals surface area contributed by atoms with Crippen molar-refractivity contribution >= 4 is 24.1 Å². The molecule has 1 aromatic rings. The van der Waals surface area contributed by atoms with E-state index in [9.17, 15) is 19.2 Å². The molecule has 0 fully saturated rings. The molecule has 0 amide bonds. The molecule has 0 aliphatic carbocycles. The lowest BCUT2D eigenvalue weighted by Crippen LogP contribution is -2.39. The van der Waals surface area contributed by atoms with Crippen LogP contribution in [0.2, 0.25) is 0 Å². The lowest BCUT2D eigenvalue weighted by atomic mass is 10.1. The molecule has 0 unspecified atom stereocenters. The van der Waals surface area contributed by atoms with E-state index in [4.69, 9.17) is 24.7 Å². The summed E-state index contributed by atoms with van der Waals surface area (Å²) in [5.74, 6) is -1.55. The number of esters is 3. The van der Waals surface area contributed by atoms with Crippen molar-refractivity contribution in [2.45, 2.75) is 72.1 Å². The normalized spacial score (nSPS) is 13.3. The van der Waals surface area contributed by atoms with E-state index in [1.807, 2.05) is 0 Å². The lowest BCUT2D eigenvalue weighted by molar-refractivity contribution is -0.155. The van der Waals surface area contributed by atoms with Gasteiger partial charge < -0.3 is 29.4 Å². The fourth-order valence-electron chi connectivity index (χ4n) is 2.34. The maximum atomic E-state index is 12.4. The Morgan fingerprint density at radius 3 is 2.00 bits per heavy atom. The highest BCUT2D eigenvalue weighted by molar-refractivity contribution is 5.77. The third-order valence-electron chi connectivity index (χ3n) is 4.30. The van der Waals surface area contributed by atoms with E-state index in [0.717, 1.165) is 0 Å². The highest BCUT2D eigenvalue weighted by Crippen LogP contribution is 2.30. The molecule has 0 spiro atoms. The summed E-state index contributed by atoms with van der Waals surface area (Å²) in [6.45, 7) is 8.20. The predicted octanol–water partition coefficient (Wildman–Crippen LogP) is 2.68. The van der Waals surface area contributed by atoms with Crippen LogP contribution in [-0.4, -0.2) is 48.9 Å². The number of benzene rings is 1. The predicted molar refractivity (Wildman–Crippen MR) is 113 cm³/mol. The van der Waals surface area contributed by atoms with Crippen LogP contribution in [0.4, 0.5) is 4.79 Å². The first kappa shape index (κ1) is 26.9. The largest absolute Gasteiger partial charge is 0.508 e. The molecule has 3 atom stereocenters. The zero-order valence-electron chi connectivity index (χ0n) is 19.0. The average Bonchev–Trinajstić information content (AvgIpc) is 2.75. The van der Waals surface area contributed by atoms with Gasteiger partial charge in [-0.25, -0.2) is 4.79 Å². The van der Waals surface area contributed by atoms with E-state index in [-0.39, 0.29) is 37.4 Å². The van der Waals surface area contributed by atoms with Crippen LogP contribution in [0.1, 0.15) is 53.0 Å². The first-order valence-electron chi connectivity index (χ1n) is 10.4. The minimum atomic E-state index is -1.04. The Bertz CT molecular complexity index is 809. The van der Waals surface area contributed by atoms with Crippen molar-refractivity contribution in [3.63, 3.8) is 0 Å². The molecular weight excluding hydrogens is 422 g/mol. The zero-order chi connectivity index (χ0) is 24.3. The van der Waals surface area contributed by atoms with Crippen LogP contribution in [0.15, 0.2) is 18.2 Å². The maximum absolute atomic E-state index is 12.4. The molecule has 178 valence electrons. The van der Waals surface area contributed by atoms with E-state index in [1.54, 1.807) is 40.7 Å².